The Hall–Kier alpha value is -2.21. The Morgan fingerprint density at radius 2 is 2.28 bits per heavy atom. The van der Waals surface area contributed by atoms with E-state index in [-0.39, 0.29) is 5.56 Å². The highest BCUT2D eigenvalue weighted by Gasteiger charge is 2.07. The standard InChI is InChI=1S/C12H13N3O3/c1-18-5-4-13-11-9-3-2-8(12(16)17)6-10(9)14-7-15-11/h2-3,6-7H,4-5H2,1H3,(H,16,17)(H,13,14,15). The zero-order valence-electron chi connectivity index (χ0n) is 9.88. The number of methoxy groups -OCH3 is 1. The van der Waals surface area contributed by atoms with E-state index in [1.807, 2.05) is 0 Å². The van der Waals surface area contributed by atoms with Gasteiger partial charge in [0.1, 0.15) is 12.1 Å². The molecule has 6 nitrogen and oxygen atoms in total. The van der Waals surface area contributed by atoms with E-state index in [1.54, 1.807) is 13.2 Å². The Labute approximate surface area is 104 Å². The molecule has 6 heteroatoms. The third kappa shape index (κ3) is 2.54. The molecule has 0 spiro atoms. The number of nitrogens with zero attached hydrogens (tertiary/aromatic N) is 2. The van der Waals surface area contributed by atoms with Crippen molar-refractivity contribution < 1.29 is 14.6 Å². The van der Waals surface area contributed by atoms with Gasteiger partial charge in [0.2, 0.25) is 0 Å². The van der Waals surface area contributed by atoms with Crippen LogP contribution in [-0.2, 0) is 4.74 Å². The summed E-state index contributed by atoms with van der Waals surface area (Å²) in [6.45, 7) is 1.20. The number of anilines is 1. The number of nitrogens with one attached hydrogen (secondary N) is 1. The SMILES string of the molecule is COCCNc1ncnc2cc(C(=O)O)ccc12. The number of carbonyl (C=O) groups is 1. The average Bonchev–Trinajstić information content (AvgIpc) is 2.38. The van der Waals surface area contributed by atoms with Crippen LogP contribution in [0.2, 0.25) is 0 Å². The van der Waals surface area contributed by atoms with Crippen molar-refractivity contribution in [3.05, 3.63) is 30.1 Å². The van der Waals surface area contributed by atoms with Crippen LogP contribution in [0.15, 0.2) is 24.5 Å². The van der Waals surface area contributed by atoms with E-state index >= 15 is 0 Å². The minimum Gasteiger partial charge on any atom is -0.478 e. The molecule has 0 fully saturated rings. The van der Waals surface area contributed by atoms with Crippen LogP contribution in [0.25, 0.3) is 10.9 Å². The van der Waals surface area contributed by atoms with Gasteiger partial charge in [-0.25, -0.2) is 14.8 Å². The summed E-state index contributed by atoms with van der Waals surface area (Å²) in [5, 5.41) is 12.8. The van der Waals surface area contributed by atoms with Gasteiger partial charge < -0.3 is 15.2 Å². The van der Waals surface area contributed by atoms with Gasteiger partial charge in [-0.1, -0.05) is 0 Å². The van der Waals surface area contributed by atoms with Gasteiger partial charge in [0.05, 0.1) is 17.7 Å². The molecule has 0 unspecified atom stereocenters. The molecule has 0 radical (unpaired) electrons. The Bertz CT molecular complexity index is 571. The molecule has 0 aliphatic carbocycles. The third-order valence-corrected chi connectivity index (χ3v) is 2.48. The van der Waals surface area contributed by atoms with E-state index in [1.165, 1.54) is 18.5 Å². The molecule has 94 valence electrons. The molecule has 1 heterocycles. The fourth-order valence-corrected chi connectivity index (χ4v) is 1.60. The predicted molar refractivity (Wildman–Crippen MR) is 66.9 cm³/mol. The van der Waals surface area contributed by atoms with Crippen molar-refractivity contribution in [2.75, 3.05) is 25.6 Å². The highest BCUT2D eigenvalue weighted by molar-refractivity contribution is 5.96. The summed E-state index contributed by atoms with van der Waals surface area (Å²) < 4.78 is 4.94. The molecule has 0 aliphatic heterocycles. The number of aromatic nitrogens is 2. The van der Waals surface area contributed by atoms with Gasteiger partial charge in [-0.2, -0.15) is 0 Å². The fourth-order valence-electron chi connectivity index (χ4n) is 1.60. The topological polar surface area (TPSA) is 84.3 Å². The van der Waals surface area contributed by atoms with Crippen LogP contribution in [0.3, 0.4) is 0 Å². The fraction of sp³-hybridized carbons (Fsp3) is 0.250. The van der Waals surface area contributed by atoms with E-state index in [4.69, 9.17) is 9.84 Å². The van der Waals surface area contributed by atoms with Crippen molar-refractivity contribution in [3.8, 4) is 0 Å². The number of aromatic carboxylic acids is 1. The van der Waals surface area contributed by atoms with Crippen LogP contribution < -0.4 is 5.32 Å². The maximum absolute atomic E-state index is 10.9. The molecule has 1 aromatic carbocycles. The number of hydrogen-bond acceptors (Lipinski definition) is 5. The van der Waals surface area contributed by atoms with Crippen molar-refractivity contribution in [2.45, 2.75) is 0 Å². The minimum absolute atomic E-state index is 0.212. The van der Waals surface area contributed by atoms with Crippen molar-refractivity contribution in [3.63, 3.8) is 0 Å². The van der Waals surface area contributed by atoms with Gasteiger partial charge in [-0.05, 0) is 18.2 Å². The molecule has 2 N–H and O–H groups in total. The highest BCUT2D eigenvalue weighted by Crippen LogP contribution is 2.20. The van der Waals surface area contributed by atoms with Gasteiger partial charge in [0.15, 0.2) is 0 Å². The molecule has 0 amide bonds. The van der Waals surface area contributed by atoms with Crippen LogP contribution >= 0.6 is 0 Å². The first kappa shape index (κ1) is 12.3. The number of ether oxygens (including phenoxy) is 1. The molecule has 18 heavy (non-hydrogen) atoms. The lowest BCUT2D eigenvalue weighted by atomic mass is 10.1. The van der Waals surface area contributed by atoms with Gasteiger partial charge >= 0.3 is 5.97 Å². The zero-order valence-corrected chi connectivity index (χ0v) is 9.88. The second-order valence-corrected chi connectivity index (χ2v) is 3.68. The van der Waals surface area contributed by atoms with Crippen molar-refractivity contribution in [1.82, 2.24) is 9.97 Å². The molecular formula is C12H13N3O3. The summed E-state index contributed by atoms with van der Waals surface area (Å²) in [4.78, 5) is 19.1. The minimum atomic E-state index is -0.968. The van der Waals surface area contributed by atoms with Gasteiger partial charge in [0, 0.05) is 19.0 Å². The summed E-state index contributed by atoms with van der Waals surface area (Å²) in [6, 6.07) is 4.77. The van der Waals surface area contributed by atoms with Crippen LogP contribution in [0.1, 0.15) is 10.4 Å². The Morgan fingerprint density at radius 3 is 3.00 bits per heavy atom. The largest absolute Gasteiger partial charge is 0.478 e. The van der Waals surface area contributed by atoms with Gasteiger partial charge in [-0.15, -0.1) is 0 Å². The number of carboxylic acid groups (broad SMARTS) is 1. The molecular weight excluding hydrogens is 234 g/mol. The molecule has 2 rings (SSSR count). The summed E-state index contributed by atoms with van der Waals surface area (Å²) >= 11 is 0. The summed E-state index contributed by atoms with van der Waals surface area (Å²) in [7, 11) is 1.62. The number of hydrogen-bond donors (Lipinski definition) is 2. The summed E-state index contributed by atoms with van der Waals surface area (Å²) in [5.41, 5.74) is 0.814. The van der Waals surface area contributed by atoms with E-state index in [9.17, 15) is 4.79 Å². The van der Waals surface area contributed by atoms with Crippen LogP contribution in [0, 0.1) is 0 Å². The van der Waals surface area contributed by atoms with Crippen molar-refractivity contribution >= 4 is 22.7 Å². The van der Waals surface area contributed by atoms with Crippen molar-refractivity contribution in [1.29, 1.82) is 0 Å². The first-order valence-corrected chi connectivity index (χ1v) is 5.43. The number of carboxylic acids is 1. The second-order valence-electron chi connectivity index (χ2n) is 3.68. The monoisotopic (exact) mass is 247 g/mol. The van der Waals surface area contributed by atoms with E-state index in [0.29, 0.717) is 24.5 Å². The quantitative estimate of drug-likeness (QED) is 0.777. The van der Waals surface area contributed by atoms with Gasteiger partial charge in [0.25, 0.3) is 0 Å². The lowest BCUT2D eigenvalue weighted by molar-refractivity contribution is 0.0697. The molecule has 0 bridgehead atoms. The number of rotatable bonds is 5. The lowest BCUT2D eigenvalue weighted by Crippen LogP contribution is -2.09. The zero-order chi connectivity index (χ0) is 13.0. The molecule has 2 aromatic rings. The summed E-state index contributed by atoms with van der Waals surface area (Å²) in [6.07, 6.45) is 1.41. The first-order chi connectivity index (χ1) is 8.72. The molecule has 0 atom stereocenters. The van der Waals surface area contributed by atoms with E-state index in [2.05, 4.69) is 15.3 Å². The number of fused-ring (bicyclic) bond motifs is 1. The Kier molecular flexibility index (Phi) is 3.69. The molecule has 0 saturated heterocycles. The normalized spacial score (nSPS) is 10.5. The Morgan fingerprint density at radius 1 is 1.44 bits per heavy atom. The first-order valence-electron chi connectivity index (χ1n) is 5.43. The van der Waals surface area contributed by atoms with Crippen LogP contribution in [-0.4, -0.2) is 41.3 Å². The second kappa shape index (κ2) is 5.42. The summed E-state index contributed by atoms with van der Waals surface area (Å²) in [5.74, 6) is -0.293. The Balaban J connectivity index is 2.34. The maximum Gasteiger partial charge on any atom is 0.335 e. The van der Waals surface area contributed by atoms with Crippen LogP contribution in [0.4, 0.5) is 5.82 Å². The smallest absolute Gasteiger partial charge is 0.335 e. The molecule has 0 saturated carbocycles. The predicted octanol–water partition coefficient (Wildman–Crippen LogP) is 1.39. The van der Waals surface area contributed by atoms with Crippen LogP contribution in [0.5, 0.6) is 0 Å². The highest BCUT2D eigenvalue weighted by atomic mass is 16.5. The number of benzene rings is 1. The van der Waals surface area contributed by atoms with E-state index in [0.717, 1.165) is 5.39 Å². The molecule has 1 aromatic heterocycles. The lowest BCUT2D eigenvalue weighted by Gasteiger charge is -2.07. The van der Waals surface area contributed by atoms with E-state index < -0.39 is 5.97 Å². The van der Waals surface area contributed by atoms with Crippen molar-refractivity contribution in [2.24, 2.45) is 0 Å². The maximum atomic E-state index is 10.9. The van der Waals surface area contributed by atoms with Gasteiger partial charge in [-0.3, -0.25) is 0 Å². The average molecular weight is 247 g/mol. The third-order valence-electron chi connectivity index (χ3n) is 2.48. The molecule has 0 aliphatic rings.